The number of hydrogen-bond acceptors (Lipinski definition) is 2. The third kappa shape index (κ3) is 3.05. The van der Waals surface area contributed by atoms with Crippen molar-refractivity contribution in [1.29, 1.82) is 0 Å². The molecular formula is C15H16BrNO. The molecule has 0 radical (unpaired) electrons. The van der Waals surface area contributed by atoms with Crippen LogP contribution in [0.5, 0.6) is 5.75 Å². The van der Waals surface area contributed by atoms with Gasteiger partial charge in [-0.25, -0.2) is 0 Å². The highest BCUT2D eigenvalue weighted by atomic mass is 79.9. The average molecular weight is 306 g/mol. The summed E-state index contributed by atoms with van der Waals surface area (Å²) < 4.78 is 6.35. The molecule has 1 N–H and O–H groups in total. The van der Waals surface area contributed by atoms with Crippen molar-refractivity contribution in [3.05, 3.63) is 58.1 Å². The van der Waals surface area contributed by atoms with Crippen LogP contribution in [0.3, 0.4) is 0 Å². The van der Waals surface area contributed by atoms with Crippen LogP contribution in [0.1, 0.15) is 11.1 Å². The van der Waals surface area contributed by atoms with Gasteiger partial charge in [-0.1, -0.05) is 34.1 Å². The van der Waals surface area contributed by atoms with Crippen molar-refractivity contribution in [1.82, 2.24) is 0 Å². The fraction of sp³-hybridized carbons (Fsp3) is 0.200. The molecule has 0 aliphatic rings. The Kier molecular flexibility index (Phi) is 4.26. The number of anilines is 1. The molecule has 94 valence electrons. The number of hydrogen-bond donors (Lipinski definition) is 1. The molecule has 0 saturated carbocycles. The summed E-state index contributed by atoms with van der Waals surface area (Å²) in [5, 5.41) is 3.40. The molecule has 2 aromatic rings. The quantitative estimate of drug-likeness (QED) is 0.905. The lowest BCUT2D eigenvalue weighted by Crippen LogP contribution is -2.01. The highest BCUT2D eigenvalue weighted by molar-refractivity contribution is 9.10. The van der Waals surface area contributed by atoms with Gasteiger partial charge in [-0.3, -0.25) is 0 Å². The standard InChI is InChI=1S/C15H16BrNO/c1-11-12(5-3-8-15(11)16)10-17-13-6-4-7-14(9-13)18-2/h3-9,17H,10H2,1-2H3. The van der Waals surface area contributed by atoms with Gasteiger partial charge in [0.15, 0.2) is 0 Å². The minimum Gasteiger partial charge on any atom is -0.497 e. The predicted molar refractivity (Wildman–Crippen MR) is 79.2 cm³/mol. The first kappa shape index (κ1) is 13.0. The van der Waals surface area contributed by atoms with Gasteiger partial charge >= 0.3 is 0 Å². The second-order valence-corrected chi connectivity index (χ2v) is 4.96. The van der Waals surface area contributed by atoms with E-state index >= 15 is 0 Å². The van der Waals surface area contributed by atoms with Crippen molar-refractivity contribution in [3.8, 4) is 5.75 Å². The Morgan fingerprint density at radius 3 is 2.72 bits per heavy atom. The van der Waals surface area contributed by atoms with Crippen LogP contribution in [0.25, 0.3) is 0 Å². The topological polar surface area (TPSA) is 21.3 Å². The summed E-state index contributed by atoms with van der Waals surface area (Å²) in [6.45, 7) is 2.92. The highest BCUT2D eigenvalue weighted by Crippen LogP contribution is 2.21. The molecule has 0 aromatic heterocycles. The first-order valence-electron chi connectivity index (χ1n) is 5.82. The van der Waals surface area contributed by atoms with Crippen molar-refractivity contribution in [2.24, 2.45) is 0 Å². The Bertz CT molecular complexity index is 540. The Morgan fingerprint density at radius 2 is 1.94 bits per heavy atom. The lowest BCUT2D eigenvalue weighted by atomic mass is 10.1. The summed E-state index contributed by atoms with van der Waals surface area (Å²) in [5.41, 5.74) is 3.62. The molecule has 0 aliphatic heterocycles. The molecule has 0 amide bonds. The second-order valence-electron chi connectivity index (χ2n) is 4.11. The Hall–Kier alpha value is -1.48. The lowest BCUT2D eigenvalue weighted by Gasteiger charge is -2.11. The fourth-order valence-electron chi connectivity index (χ4n) is 1.77. The minimum absolute atomic E-state index is 0.804. The van der Waals surface area contributed by atoms with E-state index in [1.165, 1.54) is 11.1 Å². The van der Waals surface area contributed by atoms with Crippen molar-refractivity contribution < 1.29 is 4.74 Å². The molecule has 0 heterocycles. The van der Waals surface area contributed by atoms with E-state index in [1.54, 1.807) is 7.11 Å². The summed E-state index contributed by atoms with van der Waals surface area (Å²) in [5.74, 6) is 0.867. The van der Waals surface area contributed by atoms with Crippen LogP contribution >= 0.6 is 15.9 Å². The average Bonchev–Trinajstić information content (AvgIpc) is 2.41. The van der Waals surface area contributed by atoms with Gasteiger partial charge in [0.1, 0.15) is 5.75 Å². The van der Waals surface area contributed by atoms with Crippen LogP contribution in [0.4, 0.5) is 5.69 Å². The van der Waals surface area contributed by atoms with Gasteiger partial charge in [-0.15, -0.1) is 0 Å². The summed E-state index contributed by atoms with van der Waals surface area (Å²) in [6.07, 6.45) is 0. The minimum atomic E-state index is 0.804. The number of ether oxygens (including phenoxy) is 1. The van der Waals surface area contributed by atoms with Gasteiger partial charge < -0.3 is 10.1 Å². The molecule has 0 unspecified atom stereocenters. The fourth-order valence-corrected chi connectivity index (χ4v) is 2.18. The maximum absolute atomic E-state index is 5.20. The van der Waals surface area contributed by atoms with Gasteiger partial charge in [0.2, 0.25) is 0 Å². The van der Waals surface area contributed by atoms with E-state index in [0.717, 1.165) is 22.5 Å². The Morgan fingerprint density at radius 1 is 1.17 bits per heavy atom. The third-order valence-electron chi connectivity index (χ3n) is 2.93. The van der Waals surface area contributed by atoms with Crippen LogP contribution < -0.4 is 10.1 Å². The Labute approximate surface area is 116 Å². The van der Waals surface area contributed by atoms with Crippen LogP contribution in [0.2, 0.25) is 0 Å². The SMILES string of the molecule is COc1cccc(NCc2cccc(Br)c2C)c1. The zero-order valence-corrected chi connectivity index (χ0v) is 12.1. The Balaban J connectivity index is 2.09. The number of nitrogens with one attached hydrogen (secondary N) is 1. The molecule has 2 rings (SSSR count). The van der Waals surface area contributed by atoms with E-state index in [9.17, 15) is 0 Å². The lowest BCUT2D eigenvalue weighted by molar-refractivity contribution is 0.415. The molecule has 0 fully saturated rings. The summed E-state index contributed by atoms with van der Waals surface area (Å²) >= 11 is 3.55. The van der Waals surface area contributed by atoms with E-state index in [4.69, 9.17) is 4.74 Å². The summed E-state index contributed by atoms with van der Waals surface area (Å²) in [4.78, 5) is 0. The monoisotopic (exact) mass is 305 g/mol. The van der Waals surface area contributed by atoms with Gasteiger partial charge in [0, 0.05) is 22.8 Å². The number of methoxy groups -OCH3 is 1. The van der Waals surface area contributed by atoms with E-state index in [0.29, 0.717) is 0 Å². The van der Waals surface area contributed by atoms with E-state index < -0.39 is 0 Å². The third-order valence-corrected chi connectivity index (χ3v) is 3.79. The molecule has 2 aromatic carbocycles. The van der Waals surface area contributed by atoms with Crippen molar-refractivity contribution in [2.45, 2.75) is 13.5 Å². The van der Waals surface area contributed by atoms with Crippen molar-refractivity contribution in [2.75, 3.05) is 12.4 Å². The molecule has 2 nitrogen and oxygen atoms in total. The van der Waals surface area contributed by atoms with Crippen LogP contribution in [-0.2, 0) is 6.54 Å². The van der Waals surface area contributed by atoms with Gasteiger partial charge in [-0.2, -0.15) is 0 Å². The van der Waals surface area contributed by atoms with Gasteiger partial charge in [0.25, 0.3) is 0 Å². The van der Waals surface area contributed by atoms with E-state index in [-0.39, 0.29) is 0 Å². The normalized spacial score (nSPS) is 10.2. The largest absolute Gasteiger partial charge is 0.497 e. The van der Waals surface area contributed by atoms with Gasteiger partial charge in [-0.05, 0) is 36.2 Å². The predicted octanol–water partition coefficient (Wildman–Crippen LogP) is 4.38. The second kappa shape index (κ2) is 5.91. The number of halogens is 1. The van der Waals surface area contributed by atoms with E-state index in [2.05, 4.69) is 46.4 Å². The molecule has 0 aliphatic carbocycles. The maximum Gasteiger partial charge on any atom is 0.120 e. The van der Waals surface area contributed by atoms with E-state index in [1.807, 2.05) is 24.3 Å². The van der Waals surface area contributed by atoms with Crippen LogP contribution in [-0.4, -0.2) is 7.11 Å². The number of rotatable bonds is 4. The molecule has 18 heavy (non-hydrogen) atoms. The molecule has 3 heteroatoms. The van der Waals surface area contributed by atoms with Gasteiger partial charge in [0.05, 0.1) is 7.11 Å². The number of benzene rings is 2. The first-order chi connectivity index (χ1) is 8.70. The summed E-state index contributed by atoms with van der Waals surface area (Å²) in [7, 11) is 1.68. The van der Waals surface area contributed by atoms with Crippen LogP contribution in [0, 0.1) is 6.92 Å². The van der Waals surface area contributed by atoms with Crippen molar-refractivity contribution in [3.63, 3.8) is 0 Å². The van der Waals surface area contributed by atoms with Crippen molar-refractivity contribution >= 4 is 21.6 Å². The summed E-state index contributed by atoms with van der Waals surface area (Å²) in [6, 6.07) is 14.2. The molecule has 0 saturated heterocycles. The molecule has 0 bridgehead atoms. The zero-order valence-electron chi connectivity index (χ0n) is 10.5. The molecule has 0 spiro atoms. The molecule has 0 atom stereocenters. The molecular weight excluding hydrogens is 290 g/mol. The maximum atomic E-state index is 5.20. The first-order valence-corrected chi connectivity index (χ1v) is 6.62. The van der Waals surface area contributed by atoms with Crippen LogP contribution in [0.15, 0.2) is 46.9 Å². The smallest absolute Gasteiger partial charge is 0.120 e. The highest BCUT2D eigenvalue weighted by Gasteiger charge is 2.02. The zero-order chi connectivity index (χ0) is 13.0.